The SMILES string of the molecule is CC1CCNC(CNCC(C2CC2)C2CC2)C1. The van der Waals surface area contributed by atoms with Crippen LogP contribution in [-0.4, -0.2) is 25.7 Å². The third-order valence-electron chi connectivity index (χ3n) is 4.98. The van der Waals surface area contributed by atoms with E-state index in [4.69, 9.17) is 0 Å². The van der Waals surface area contributed by atoms with Crippen LogP contribution in [-0.2, 0) is 0 Å². The molecule has 2 saturated carbocycles. The Balaban J connectivity index is 1.35. The quantitative estimate of drug-likeness (QED) is 0.740. The Morgan fingerprint density at radius 1 is 1.12 bits per heavy atom. The molecule has 1 aliphatic heterocycles. The average Bonchev–Trinajstić information content (AvgIpc) is 3.15. The zero-order chi connectivity index (χ0) is 11.7. The van der Waals surface area contributed by atoms with E-state index < -0.39 is 0 Å². The van der Waals surface area contributed by atoms with E-state index in [1.54, 1.807) is 0 Å². The summed E-state index contributed by atoms with van der Waals surface area (Å²) in [5.41, 5.74) is 0. The summed E-state index contributed by atoms with van der Waals surface area (Å²) in [4.78, 5) is 0. The molecule has 0 aromatic rings. The van der Waals surface area contributed by atoms with Crippen molar-refractivity contribution in [2.24, 2.45) is 23.7 Å². The Morgan fingerprint density at radius 2 is 1.82 bits per heavy atom. The molecule has 0 spiro atoms. The summed E-state index contributed by atoms with van der Waals surface area (Å²) in [6, 6.07) is 0.734. The molecule has 0 aromatic heterocycles. The monoisotopic (exact) mass is 236 g/mol. The minimum absolute atomic E-state index is 0.734. The van der Waals surface area contributed by atoms with Crippen molar-refractivity contribution < 1.29 is 0 Å². The third kappa shape index (κ3) is 3.45. The van der Waals surface area contributed by atoms with Gasteiger partial charge >= 0.3 is 0 Å². The van der Waals surface area contributed by atoms with E-state index in [0.717, 1.165) is 29.7 Å². The standard InChI is InChI=1S/C15H28N2/c1-11-6-7-17-14(8-11)9-16-10-15(12-2-3-12)13-4-5-13/h11-17H,2-10H2,1H3. The number of rotatable bonds is 6. The molecule has 1 heterocycles. The normalized spacial score (nSPS) is 34.2. The van der Waals surface area contributed by atoms with Gasteiger partial charge in [0.1, 0.15) is 0 Å². The molecule has 1 saturated heterocycles. The van der Waals surface area contributed by atoms with E-state index in [1.165, 1.54) is 58.2 Å². The van der Waals surface area contributed by atoms with Crippen LogP contribution in [0.5, 0.6) is 0 Å². The van der Waals surface area contributed by atoms with Crippen LogP contribution in [0.3, 0.4) is 0 Å². The lowest BCUT2D eigenvalue weighted by molar-refractivity contribution is 0.297. The Bertz CT molecular complexity index is 233. The summed E-state index contributed by atoms with van der Waals surface area (Å²) in [5, 5.41) is 7.41. The van der Waals surface area contributed by atoms with E-state index in [2.05, 4.69) is 17.6 Å². The highest BCUT2D eigenvalue weighted by atomic mass is 15.0. The van der Waals surface area contributed by atoms with Gasteiger partial charge in [-0.2, -0.15) is 0 Å². The molecular formula is C15H28N2. The molecular weight excluding hydrogens is 208 g/mol. The molecule has 0 aromatic carbocycles. The van der Waals surface area contributed by atoms with Crippen LogP contribution in [0.4, 0.5) is 0 Å². The van der Waals surface area contributed by atoms with Gasteiger partial charge < -0.3 is 10.6 Å². The molecule has 2 N–H and O–H groups in total. The van der Waals surface area contributed by atoms with Crippen molar-refractivity contribution in [3.63, 3.8) is 0 Å². The van der Waals surface area contributed by atoms with Crippen LogP contribution < -0.4 is 10.6 Å². The molecule has 2 atom stereocenters. The first-order valence-corrected chi connectivity index (χ1v) is 7.77. The van der Waals surface area contributed by atoms with Crippen molar-refractivity contribution in [3.8, 4) is 0 Å². The topological polar surface area (TPSA) is 24.1 Å². The van der Waals surface area contributed by atoms with E-state index in [1.807, 2.05) is 0 Å². The minimum Gasteiger partial charge on any atom is -0.315 e. The predicted octanol–water partition coefficient (Wildman–Crippen LogP) is 2.40. The smallest absolute Gasteiger partial charge is 0.0195 e. The summed E-state index contributed by atoms with van der Waals surface area (Å²) in [6.45, 7) is 6.11. The largest absolute Gasteiger partial charge is 0.315 e. The number of hydrogen-bond acceptors (Lipinski definition) is 2. The van der Waals surface area contributed by atoms with Gasteiger partial charge in [-0.25, -0.2) is 0 Å². The first kappa shape index (κ1) is 12.0. The van der Waals surface area contributed by atoms with Crippen LogP contribution in [0.15, 0.2) is 0 Å². The molecule has 2 aliphatic carbocycles. The Labute approximate surface area is 106 Å². The van der Waals surface area contributed by atoms with Crippen molar-refractivity contribution in [3.05, 3.63) is 0 Å². The molecule has 0 radical (unpaired) electrons. The molecule has 98 valence electrons. The van der Waals surface area contributed by atoms with Gasteiger partial charge in [0.05, 0.1) is 0 Å². The van der Waals surface area contributed by atoms with Crippen LogP contribution in [0.1, 0.15) is 45.4 Å². The molecule has 3 fully saturated rings. The number of hydrogen-bond donors (Lipinski definition) is 2. The van der Waals surface area contributed by atoms with E-state index in [-0.39, 0.29) is 0 Å². The average molecular weight is 236 g/mol. The van der Waals surface area contributed by atoms with Gasteiger partial charge in [0.2, 0.25) is 0 Å². The summed E-state index contributed by atoms with van der Waals surface area (Å²) >= 11 is 0. The second-order valence-electron chi connectivity index (χ2n) is 6.78. The molecule has 3 aliphatic rings. The lowest BCUT2D eigenvalue weighted by Gasteiger charge is -2.29. The Morgan fingerprint density at radius 3 is 2.41 bits per heavy atom. The fourth-order valence-corrected chi connectivity index (χ4v) is 3.57. The molecule has 2 unspecified atom stereocenters. The van der Waals surface area contributed by atoms with Crippen LogP contribution in [0.2, 0.25) is 0 Å². The third-order valence-corrected chi connectivity index (χ3v) is 4.98. The number of nitrogens with one attached hydrogen (secondary N) is 2. The van der Waals surface area contributed by atoms with Crippen molar-refractivity contribution >= 4 is 0 Å². The second-order valence-corrected chi connectivity index (χ2v) is 6.78. The van der Waals surface area contributed by atoms with Gasteiger partial charge in [-0.3, -0.25) is 0 Å². The van der Waals surface area contributed by atoms with E-state index >= 15 is 0 Å². The molecule has 2 nitrogen and oxygen atoms in total. The highest BCUT2D eigenvalue weighted by Gasteiger charge is 2.40. The fourth-order valence-electron chi connectivity index (χ4n) is 3.57. The Kier molecular flexibility index (Phi) is 3.72. The zero-order valence-corrected chi connectivity index (χ0v) is 11.3. The predicted molar refractivity (Wildman–Crippen MR) is 72.0 cm³/mol. The van der Waals surface area contributed by atoms with Gasteiger partial charge in [-0.1, -0.05) is 6.92 Å². The van der Waals surface area contributed by atoms with Crippen molar-refractivity contribution in [1.82, 2.24) is 10.6 Å². The number of piperidine rings is 1. The van der Waals surface area contributed by atoms with Gasteiger partial charge in [-0.15, -0.1) is 0 Å². The molecule has 17 heavy (non-hydrogen) atoms. The second kappa shape index (κ2) is 5.27. The lowest BCUT2D eigenvalue weighted by atomic mass is 9.94. The first-order valence-electron chi connectivity index (χ1n) is 7.77. The molecule has 0 bridgehead atoms. The maximum Gasteiger partial charge on any atom is 0.0195 e. The minimum atomic E-state index is 0.734. The Hall–Kier alpha value is -0.0800. The highest BCUT2D eigenvalue weighted by molar-refractivity contribution is 4.92. The summed E-state index contributed by atoms with van der Waals surface area (Å²) in [5.74, 6) is 4.13. The molecule has 2 heteroatoms. The highest BCUT2D eigenvalue weighted by Crippen LogP contribution is 2.48. The zero-order valence-electron chi connectivity index (χ0n) is 11.3. The van der Waals surface area contributed by atoms with Crippen molar-refractivity contribution in [2.45, 2.75) is 51.5 Å². The van der Waals surface area contributed by atoms with Gasteiger partial charge in [-0.05, 0) is 75.3 Å². The maximum atomic E-state index is 3.76. The van der Waals surface area contributed by atoms with Crippen LogP contribution in [0, 0.1) is 23.7 Å². The fraction of sp³-hybridized carbons (Fsp3) is 1.00. The van der Waals surface area contributed by atoms with Crippen molar-refractivity contribution in [2.75, 3.05) is 19.6 Å². The van der Waals surface area contributed by atoms with Gasteiger partial charge in [0, 0.05) is 12.6 Å². The summed E-state index contributed by atoms with van der Waals surface area (Å²) < 4.78 is 0. The van der Waals surface area contributed by atoms with Crippen LogP contribution in [0.25, 0.3) is 0 Å². The summed E-state index contributed by atoms with van der Waals surface area (Å²) in [7, 11) is 0. The van der Waals surface area contributed by atoms with E-state index in [0.29, 0.717) is 0 Å². The first-order chi connectivity index (χ1) is 8.33. The molecule has 0 amide bonds. The van der Waals surface area contributed by atoms with Crippen LogP contribution >= 0.6 is 0 Å². The maximum absolute atomic E-state index is 3.76. The molecule has 3 rings (SSSR count). The summed E-state index contributed by atoms with van der Waals surface area (Å²) in [6.07, 6.45) is 8.79. The van der Waals surface area contributed by atoms with Gasteiger partial charge in [0.15, 0.2) is 0 Å². The van der Waals surface area contributed by atoms with Gasteiger partial charge in [0.25, 0.3) is 0 Å². The lowest BCUT2D eigenvalue weighted by Crippen LogP contribution is -2.45. The van der Waals surface area contributed by atoms with Crippen molar-refractivity contribution in [1.29, 1.82) is 0 Å². The van der Waals surface area contributed by atoms with E-state index in [9.17, 15) is 0 Å².